The molecule has 2 amide bonds. The zero-order valence-corrected chi connectivity index (χ0v) is 15.6. The summed E-state index contributed by atoms with van der Waals surface area (Å²) in [5.74, 6) is 0.379. The van der Waals surface area contributed by atoms with Crippen LogP contribution in [0.25, 0.3) is 0 Å². The molecule has 0 aromatic rings. The quantitative estimate of drug-likeness (QED) is 0.346. The van der Waals surface area contributed by atoms with E-state index in [1.165, 1.54) is 0 Å². The molecule has 0 atom stereocenters. The van der Waals surface area contributed by atoms with Crippen LogP contribution >= 0.6 is 0 Å². The molecular weight excluding hydrogens is 312 g/mol. The van der Waals surface area contributed by atoms with E-state index in [1.807, 2.05) is 13.8 Å². The fourth-order valence-corrected chi connectivity index (χ4v) is 1.69. The smallest absolute Gasteiger partial charge is 0.220 e. The molecule has 0 unspecified atom stereocenters. The van der Waals surface area contributed by atoms with Gasteiger partial charge in [-0.1, -0.05) is 13.8 Å². The lowest BCUT2D eigenvalue weighted by Crippen LogP contribution is -2.32. The molecule has 0 radical (unpaired) electrons. The minimum atomic E-state index is -0.146. The van der Waals surface area contributed by atoms with Crippen LogP contribution in [0.5, 0.6) is 0 Å². The van der Waals surface area contributed by atoms with Gasteiger partial charge >= 0.3 is 0 Å². The van der Waals surface area contributed by atoms with Gasteiger partial charge in [0.2, 0.25) is 11.8 Å². The van der Waals surface area contributed by atoms with Crippen molar-refractivity contribution in [1.82, 2.24) is 10.6 Å². The summed E-state index contributed by atoms with van der Waals surface area (Å²) in [5.41, 5.74) is 0. The molecule has 0 spiro atoms. The Morgan fingerprint density at radius 3 is 2.12 bits per heavy atom. The van der Waals surface area contributed by atoms with Crippen molar-refractivity contribution in [1.29, 1.82) is 0 Å². The largest absolute Gasteiger partial charge is 0.377 e. The van der Waals surface area contributed by atoms with Gasteiger partial charge in [0.25, 0.3) is 0 Å². The number of carbonyl (C=O) groups is 2. The summed E-state index contributed by atoms with van der Waals surface area (Å²) in [5, 5.41) is 5.46. The van der Waals surface area contributed by atoms with Crippen molar-refractivity contribution < 1.29 is 23.8 Å². The zero-order chi connectivity index (χ0) is 18.2. The predicted octanol–water partition coefficient (Wildman–Crippen LogP) is 1.46. The number of nitrogens with one attached hydrogen (secondary N) is 2. The first-order valence-electron chi connectivity index (χ1n) is 8.71. The summed E-state index contributed by atoms with van der Waals surface area (Å²) in [6.45, 7) is 10.8. The fraction of sp³-hybridized carbons (Fsp3) is 0.882. The van der Waals surface area contributed by atoms with Crippen molar-refractivity contribution in [3.05, 3.63) is 0 Å². The first-order valence-corrected chi connectivity index (χ1v) is 8.71. The number of rotatable bonds is 15. The van der Waals surface area contributed by atoms with E-state index in [4.69, 9.17) is 14.2 Å². The molecule has 0 saturated carbocycles. The summed E-state index contributed by atoms with van der Waals surface area (Å²) < 4.78 is 15.9. The van der Waals surface area contributed by atoms with Gasteiger partial charge in [0.1, 0.15) is 6.79 Å². The van der Waals surface area contributed by atoms with Gasteiger partial charge in [-0.2, -0.15) is 0 Å². The molecule has 0 heterocycles. The predicted molar refractivity (Wildman–Crippen MR) is 92.6 cm³/mol. The van der Waals surface area contributed by atoms with Gasteiger partial charge in [0, 0.05) is 32.0 Å². The van der Waals surface area contributed by atoms with Crippen molar-refractivity contribution in [3.63, 3.8) is 0 Å². The Bertz CT molecular complexity index is 335. The van der Waals surface area contributed by atoms with Crippen LogP contribution in [0.15, 0.2) is 0 Å². The van der Waals surface area contributed by atoms with E-state index in [0.29, 0.717) is 38.9 Å². The zero-order valence-electron chi connectivity index (χ0n) is 15.6. The Kier molecular flexibility index (Phi) is 14.6. The normalized spacial score (nSPS) is 11.1. The maximum absolute atomic E-state index is 11.5. The summed E-state index contributed by atoms with van der Waals surface area (Å²) >= 11 is 0. The van der Waals surface area contributed by atoms with Crippen molar-refractivity contribution in [2.45, 2.75) is 53.0 Å². The maximum Gasteiger partial charge on any atom is 0.220 e. The highest BCUT2D eigenvalue weighted by Crippen LogP contribution is 1.98. The number of hydrogen-bond donors (Lipinski definition) is 2. The molecule has 0 aromatic heterocycles. The molecule has 0 aliphatic rings. The third-order valence-electron chi connectivity index (χ3n) is 2.98. The molecule has 2 N–H and O–H groups in total. The first-order chi connectivity index (χ1) is 11.4. The van der Waals surface area contributed by atoms with Crippen molar-refractivity contribution in [2.75, 3.05) is 39.8 Å². The van der Waals surface area contributed by atoms with Crippen molar-refractivity contribution >= 4 is 11.8 Å². The van der Waals surface area contributed by atoms with Crippen LogP contribution in [0.1, 0.15) is 47.0 Å². The summed E-state index contributed by atoms with van der Waals surface area (Å²) in [6, 6.07) is 0.0942. The third kappa shape index (κ3) is 17.2. The van der Waals surface area contributed by atoms with Crippen molar-refractivity contribution in [3.8, 4) is 0 Å². The van der Waals surface area contributed by atoms with Gasteiger partial charge in [0.05, 0.1) is 19.8 Å². The van der Waals surface area contributed by atoms with Crippen LogP contribution in [0.2, 0.25) is 0 Å². The molecule has 0 saturated heterocycles. The molecule has 0 aliphatic carbocycles. The number of hydrogen-bond acceptors (Lipinski definition) is 5. The highest BCUT2D eigenvalue weighted by Gasteiger charge is 2.07. The lowest BCUT2D eigenvalue weighted by atomic mass is 10.1. The van der Waals surface area contributed by atoms with Gasteiger partial charge in [-0.15, -0.1) is 0 Å². The number of amides is 2. The highest BCUT2D eigenvalue weighted by atomic mass is 16.7. The fourth-order valence-electron chi connectivity index (χ4n) is 1.69. The molecule has 24 heavy (non-hydrogen) atoms. The second-order valence-corrected chi connectivity index (χ2v) is 6.30. The maximum atomic E-state index is 11.5. The molecule has 0 fully saturated rings. The Hall–Kier alpha value is -1.18. The molecule has 7 nitrogen and oxygen atoms in total. The molecular formula is C17H34N2O5. The highest BCUT2D eigenvalue weighted by molar-refractivity contribution is 5.83. The Labute approximate surface area is 145 Å². The molecule has 0 aromatic carbocycles. The van der Waals surface area contributed by atoms with Crippen LogP contribution in [0.4, 0.5) is 0 Å². The summed E-state index contributed by atoms with van der Waals surface area (Å²) in [7, 11) is 0. The average molecular weight is 346 g/mol. The van der Waals surface area contributed by atoms with Crippen LogP contribution in [-0.4, -0.2) is 57.6 Å². The van der Waals surface area contributed by atoms with E-state index in [-0.39, 0.29) is 37.5 Å². The standard InChI is InChI=1S/C17H34N2O5/c1-14(2)7-9-23-13-24-12-11-22-10-8-18-16(20)5-6-17(21)19-15(3)4/h14-15H,5-13H2,1-4H3,(H,18,20)(H,19,21). The van der Waals surface area contributed by atoms with Crippen LogP contribution in [0, 0.1) is 5.92 Å². The molecule has 0 aliphatic heterocycles. The minimum Gasteiger partial charge on any atom is -0.377 e. The van der Waals surface area contributed by atoms with E-state index in [2.05, 4.69) is 24.5 Å². The van der Waals surface area contributed by atoms with Crippen LogP contribution in [-0.2, 0) is 23.8 Å². The Morgan fingerprint density at radius 1 is 0.833 bits per heavy atom. The lowest BCUT2D eigenvalue weighted by Gasteiger charge is -2.09. The monoisotopic (exact) mass is 346 g/mol. The van der Waals surface area contributed by atoms with E-state index in [1.54, 1.807) is 0 Å². The van der Waals surface area contributed by atoms with E-state index in [0.717, 1.165) is 6.42 Å². The van der Waals surface area contributed by atoms with E-state index in [9.17, 15) is 9.59 Å². The van der Waals surface area contributed by atoms with Crippen LogP contribution in [0.3, 0.4) is 0 Å². The second kappa shape index (κ2) is 15.4. The topological polar surface area (TPSA) is 85.9 Å². The SMILES string of the molecule is CC(C)CCOCOCCOCCNC(=O)CCC(=O)NC(C)C. The van der Waals surface area contributed by atoms with E-state index < -0.39 is 0 Å². The summed E-state index contributed by atoms with van der Waals surface area (Å²) in [6.07, 6.45) is 1.42. The van der Waals surface area contributed by atoms with Crippen molar-refractivity contribution in [2.24, 2.45) is 5.92 Å². The van der Waals surface area contributed by atoms with E-state index >= 15 is 0 Å². The van der Waals surface area contributed by atoms with Gasteiger partial charge < -0.3 is 24.8 Å². The second-order valence-electron chi connectivity index (χ2n) is 6.30. The van der Waals surface area contributed by atoms with Crippen LogP contribution < -0.4 is 10.6 Å². The number of carbonyl (C=O) groups excluding carboxylic acids is 2. The first kappa shape index (κ1) is 22.8. The molecule has 0 bridgehead atoms. The summed E-state index contributed by atoms with van der Waals surface area (Å²) in [4.78, 5) is 22.9. The van der Waals surface area contributed by atoms with Gasteiger partial charge in [0.15, 0.2) is 0 Å². The Morgan fingerprint density at radius 2 is 1.46 bits per heavy atom. The van der Waals surface area contributed by atoms with Gasteiger partial charge in [-0.05, 0) is 26.2 Å². The third-order valence-corrected chi connectivity index (χ3v) is 2.98. The van der Waals surface area contributed by atoms with Gasteiger partial charge in [-0.25, -0.2) is 0 Å². The minimum absolute atomic E-state index is 0.0942. The average Bonchev–Trinajstić information content (AvgIpc) is 2.49. The molecule has 0 rings (SSSR count). The molecule has 7 heteroatoms. The Balaban J connectivity index is 3.29. The number of ether oxygens (including phenoxy) is 3. The lowest BCUT2D eigenvalue weighted by molar-refractivity contribution is -0.126. The van der Waals surface area contributed by atoms with Gasteiger partial charge in [-0.3, -0.25) is 9.59 Å². The molecule has 142 valence electrons.